The van der Waals surface area contributed by atoms with Crippen LogP contribution in [0.3, 0.4) is 0 Å². The van der Waals surface area contributed by atoms with E-state index in [0.29, 0.717) is 0 Å². The molecule has 106 valence electrons. The molecule has 0 bridgehead atoms. The van der Waals surface area contributed by atoms with Crippen molar-refractivity contribution < 1.29 is 9.47 Å². The third-order valence-corrected chi connectivity index (χ3v) is 3.37. The Kier molecular flexibility index (Phi) is 3.53. The zero-order chi connectivity index (χ0) is 14.7. The molecule has 0 fully saturated rings. The summed E-state index contributed by atoms with van der Waals surface area (Å²) in [5.74, 6) is -0.417. The fourth-order valence-corrected chi connectivity index (χ4v) is 2.29. The molecular formula is C19H18O2. The molecule has 1 aliphatic rings. The van der Waals surface area contributed by atoms with Crippen molar-refractivity contribution in [3.63, 3.8) is 0 Å². The minimum absolute atomic E-state index is 0.417. The molecule has 0 aliphatic carbocycles. The first kappa shape index (κ1) is 13.5. The molecule has 0 amide bonds. The van der Waals surface area contributed by atoms with Crippen LogP contribution in [0.2, 0.25) is 0 Å². The zero-order valence-electron chi connectivity index (χ0n) is 12.2. The van der Waals surface area contributed by atoms with Gasteiger partial charge in [-0.3, -0.25) is 0 Å². The average Bonchev–Trinajstić information content (AvgIpc) is 2.90. The van der Waals surface area contributed by atoms with Crippen molar-refractivity contribution in [3.8, 4) is 0 Å². The summed E-state index contributed by atoms with van der Waals surface area (Å²) in [6.45, 7) is 3.71. The van der Waals surface area contributed by atoms with Gasteiger partial charge < -0.3 is 9.47 Å². The van der Waals surface area contributed by atoms with Crippen LogP contribution < -0.4 is 0 Å². The molecule has 0 radical (unpaired) electrons. The zero-order valence-corrected chi connectivity index (χ0v) is 12.2. The van der Waals surface area contributed by atoms with E-state index in [2.05, 4.69) is 60.7 Å². The van der Waals surface area contributed by atoms with Crippen molar-refractivity contribution >= 4 is 21.5 Å². The van der Waals surface area contributed by atoms with Crippen LogP contribution in [0.5, 0.6) is 0 Å². The summed E-state index contributed by atoms with van der Waals surface area (Å²) in [6, 6.07) is 21.4. The smallest absolute Gasteiger partial charge is 0.244 e. The molecule has 3 aromatic rings. The fourth-order valence-electron chi connectivity index (χ4n) is 2.29. The van der Waals surface area contributed by atoms with Gasteiger partial charge in [-0.05, 0) is 33.7 Å². The van der Waals surface area contributed by atoms with Gasteiger partial charge in [0.2, 0.25) is 5.79 Å². The third-order valence-electron chi connectivity index (χ3n) is 3.37. The van der Waals surface area contributed by atoms with E-state index in [0.717, 1.165) is 0 Å². The second kappa shape index (κ2) is 5.49. The van der Waals surface area contributed by atoms with Crippen molar-refractivity contribution in [2.24, 2.45) is 0 Å². The lowest BCUT2D eigenvalue weighted by Gasteiger charge is -2.15. The van der Waals surface area contributed by atoms with E-state index in [-0.39, 0.29) is 0 Å². The van der Waals surface area contributed by atoms with Crippen molar-refractivity contribution in [3.05, 3.63) is 73.2 Å². The molecule has 0 saturated heterocycles. The van der Waals surface area contributed by atoms with Gasteiger partial charge in [-0.25, -0.2) is 0 Å². The van der Waals surface area contributed by atoms with Gasteiger partial charge in [0, 0.05) is 13.8 Å². The van der Waals surface area contributed by atoms with E-state index in [1.54, 1.807) is 12.5 Å². The van der Waals surface area contributed by atoms with E-state index in [9.17, 15) is 0 Å². The number of fused-ring (bicyclic) bond motifs is 2. The summed E-state index contributed by atoms with van der Waals surface area (Å²) in [4.78, 5) is 0. The van der Waals surface area contributed by atoms with Gasteiger partial charge in [-0.2, -0.15) is 0 Å². The van der Waals surface area contributed by atoms with E-state index < -0.39 is 5.79 Å². The summed E-state index contributed by atoms with van der Waals surface area (Å²) < 4.78 is 9.88. The molecule has 0 unspecified atom stereocenters. The second-order valence-electron chi connectivity index (χ2n) is 5.45. The SMILES string of the molecule is CC1(C)OC=CO1.c1ccc2cc3ccccc3cc2c1. The Balaban J connectivity index is 0.000000160. The molecule has 0 N–H and O–H groups in total. The maximum atomic E-state index is 4.94. The lowest BCUT2D eigenvalue weighted by molar-refractivity contribution is -0.108. The number of rotatable bonds is 0. The van der Waals surface area contributed by atoms with Gasteiger partial charge in [-0.1, -0.05) is 48.5 Å². The van der Waals surface area contributed by atoms with Crippen molar-refractivity contribution in [1.82, 2.24) is 0 Å². The van der Waals surface area contributed by atoms with Gasteiger partial charge in [0.05, 0.1) is 0 Å². The molecule has 21 heavy (non-hydrogen) atoms. The summed E-state index contributed by atoms with van der Waals surface area (Å²) in [5.41, 5.74) is 0. The monoisotopic (exact) mass is 278 g/mol. The van der Waals surface area contributed by atoms with Crippen LogP contribution in [0.25, 0.3) is 21.5 Å². The number of benzene rings is 3. The molecule has 0 atom stereocenters. The highest BCUT2D eigenvalue weighted by Gasteiger charge is 2.20. The Hall–Kier alpha value is -2.48. The first-order valence-electron chi connectivity index (χ1n) is 7.02. The third kappa shape index (κ3) is 3.16. The second-order valence-corrected chi connectivity index (χ2v) is 5.45. The van der Waals surface area contributed by atoms with Crippen molar-refractivity contribution in [2.45, 2.75) is 19.6 Å². The van der Waals surface area contributed by atoms with Crippen LogP contribution in [0.4, 0.5) is 0 Å². The van der Waals surface area contributed by atoms with Gasteiger partial charge in [0.15, 0.2) is 0 Å². The van der Waals surface area contributed by atoms with Gasteiger partial charge in [0.1, 0.15) is 12.5 Å². The first-order chi connectivity index (χ1) is 10.1. The lowest BCUT2D eigenvalue weighted by Crippen LogP contribution is -2.18. The molecule has 4 rings (SSSR count). The van der Waals surface area contributed by atoms with Crippen LogP contribution in [0.1, 0.15) is 13.8 Å². The Bertz CT molecular complexity index is 673. The van der Waals surface area contributed by atoms with Crippen LogP contribution in [0.15, 0.2) is 73.2 Å². The van der Waals surface area contributed by atoms with E-state index in [4.69, 9.17) is 9.47 Å². The minimum atomic E-state index is -0.417. The molecule has 1 heterocycles. The molecule has 3 aromatic carbocycles. The summed E-state index contributed by atoms with van der Waals surface area (Å²) in [6.07, 6.45) is 3.08. The maximum Gasteiger partial charge on any atom is 0.244 e. The molecule has 0 saturated carbocycles. The Labute approximate surface area is 124 Å². The maximum absolute atomic E-state index is 4.94. The van der Waals surface area contributed by atoms with Crippen LogP contribution in [0, 0.1) is 0 Å². The quantitative estimate of drug-likeness (QED) is 0.524. The standard InChI is InChI=1S/C14H10.C5H8O2/c1-2-6-12-10-14-8-4-3-7-13(14)9-11(12)5-1;1-5(2)6-3-4-7-5/h1-10H;3-4H,1-2H3. The summed E-state index contributed by atoms with van der Waals surface area (Å²) >= 11 is 0. The predicted molar refractivity (Wildman–Crippen MR) is 86.8 cm³/mol. The van der Waals surface area contributed by atoms with Crippen molar-refractivity contribution in [2.75, 3.05) is 0 Å². The lowest BCUT2D eigenvalue weighted by atomic mass is 10.0. The largest absolute Gasteiger partial charge is 0.457 e. The molecule has 0 aromatic heterocycles. The number of hydrogen-bond donors (Lipinski definition) is 0. The normalized spacial score (nSPS) is 15.1. The van der Waals surface area contributed by atoms with E-state index in [1.807, 2.05) is 13.8 Å². The summed E-state index contributed by atoms with van der Waals surface area (Å²) in [7, 11) is 0. The fraction of sp³-hybridized carbons (Fsp3) is 0.158. The highest BCUT2D eigenvalue weighted by Crippen LogP contribution is 2.22. The van der Waals surface area contributed by atoms with Crippen LogP contribution in [-0.4, -0.2) is 5.79 Å². The minimum Gasteiger partial charge on any atom is -0.457 e. The molecular weight excluding hydrogens is 260 g/mol. The Morgan fingerprint density at radius 3 is 1.19 bits per heavy atom. The topological polar surface area (TPSA) is 18.5 Å². The van der Waals surface area contributed by atoms with Crippen LogP contribution >= 0.6 is 0 Å². The number of ether oxygens (including phenoxy) is 2. The number of hydrogen-bond acceptors (Lipinski definition) is 2. The molecule has 2 nitrogen and oxygen atoms in total. The van der Waals surface area contributed by atoms with Gasteiger partial charge >= 0.3 is 0 Å². The highest BCUT2D eigenvalue weighted by molar-refractivity contribution is 5.98. The van der Waals surface area contributed by atoms with E-state index in [1.165, 1.54) is 21.5 Å². The Morgan fingerprint density at radius 2 is 0.952 bits per heavy atom. The highest BCUT2D eigenvalue weighted by atomic mass is 16.7. The van der Waals surface area contributed by atoms with E-state index >= 15 is 0 Å². The van der Waals surface area contributed by atoms with Crippen LogP contribution in [-0.2, 0) is 9.47 Å². The first-order valence-corrected chi connectivity index (χ1v) is 7.02. The molecule has 1 aliphatic heterocycles. The van der Waals surface area contributed by atoms with Crippen molar-refractivity contribution in [1.29, 1.82) is 0 Å². The Morgan fingerprint density at radius 1 is 0.619 bits per heavy atom. The molecule has 0 spiro atoms. The molecule has 2 heteroatoms. The predicted octanol–water partition coefficient (Wildman–Crippen LogP) is 5.23. The average molecular weight is 278 g/mol. The van der Waals surface area contributed by atoms with Gasteiger partial charge in [0.25, 0.3) is 0 Å². The summed E-state index contributed by atoms with van der Waals surface area (Å²) in [5, 5.41) is 5.25. The van der Waals surface area contributed by atoms with Gasteiger partial charge in [-0.15, -0.1) is 0 Å².